The molecule has 2 unspecified atom stereocenters. The minimum atomic E-state index is -1.20. The lowest BCUT2D eigenvalue weighted by molar-refractivity contribution is -0.313. The number of aliphatic carboxylic acids is 1. The molecule has 0 bridgehead atoms. The number of nitrogens with one attached hydrogen (secondary N) is 1. The van der Waals surface area contributed by atoms with Gasteiger partial charge in [0.15, 0.2) is 0 Å². The molecule has 1 N–H and O–H groups in total. The van der Waals surface area contributed by atoms with Crippen molar-refractivity contribution >= 4 is 34.2 Å². The van der Waals surface area contributed by atoms with Gasteiger partial charge in [-0.15, -0.1) is 11.3 Å². The Hall–Kier alpha value is -2.87. The molecule has 0 spiro atoms. The van der Waals surface area contributed by atoms with E-state index >= 15 is 0 Å². The average molecular weight is 445 g/mol. The van der Waals surface area contributed by atoms with Crippen molar-refractivity contribution in [2.24, 2.45) is 11.8 Å². The fraction of sp³-hybridized carbons (Fsp3) is 0.435. The molecule has 0 saturated heterocycles. The van der Waals surface area contributed by atoms with Gasteiger partial charge < -0.3 is 24.7 Å². The summed E-state index contributed by atoms with van der Waals surface area (Å²) in [6.07, 6.45) is 2.45. The first-order valence-electron chi connectivity index (χ1n) is 10.5. The molecule has 3 rings (SSSR count). The molecule has 31 heavy (non-hydrogen) atoms. The van der Waals surface area contributed by atoms with Crippen molar-refractivity contribution in [2.75, 3.05) is 18.5 Å². The van der Waals surface area contributed by atoms with E-state index in [1.54, 1.807) is 12.3 Å². The number of carboxylic acids is 1. The van der Waals surface area contributed by atoms with E-state index in [9.17, 15) is 19.5 Å². The molecule has 1 amide bonds. The lowest BCUT2D eigenvalue weighted by Crippen LogP contribution is -2.42. The Morgan fingerprint density at radius 2 is 1.74 bits per heavy atom. The van der Waals surface area contributed by atoms with Crippen LogP contribution >= 0.6 is 11.3 Å². The second-order valence-corrected chi connectivity index (χ2v) is 8.22. The second-order valence-electron chi connectivity index (χ2n) is 7.34. The normalized spacial score (nSPS) is 18.3. The highest BCUT2D eigenvalue weighted by molar-refractivity contribution is 7.15. The number of carbonyl (C=O) groups excluding carboxylic acids is 3. The molecule has 0 radical (unpaired) electrons. The maximum atomic E-state index is 12.9. The number of anilines is 1. The van der Waals surface area contributed by atoms with Gasteiger partial charge in [0.1, 0.15) is 16.3 Å². The quantitative estimate of drug-likeness (QED) is 0.625. The van der Waals surface area contributed by atoms with E-state index in [-0.39, 0.29) is 12.2 Å². The Balaban J connectivity index is 1.90. The first kappa shape index (κ1) is 22.8. The average Bonchev–Trinajstić information content (AvgIpc) is 3.18. The summed E-state index contributed by atoms with van der Waals surface area (Å²) in [6, 6.07) is 7.32. The Labute approximate surface area is 185 Å². The van der Waals surface area contributed by atoms with Crippen molar-refractivity contribution < 1.29 is 29.0 Å². The van der Waals surface area contributed by atoms with Gasteiger partial charge in [0, 0.05) is 28.7 Å². The minimum Gasteiger partial charge on any atom is -0.550 e. The van der Waals surface area contributed by atoms with E-state index in [4.69, 9.17) is 9.47 Å². The van der Waals surface area contributed by atoms with Crippen LogP contribution in [0.5, 0.6) is 5.75 Å². The predicted octanol–water partition coefficient (Wildman–Crippen LogP) is 3.49. The van der Waals surface area contributed by atoms with Gasteiger partial charge in [-0.05, 0) is 44.4 Å². The van der Waals surface area contributed by atoms with Crippen LogP contribution in [0.1, 0.15) is 49.9 Å². The van der Waals surface area contributed by atoms with E-state index in [0.717, 1.165) is 24.2 Å². The Kier molecular flexibility index (Phi) is 7.68. The molecule has 2 atom stereocenters. The molecule has 166 valence electrons. The predicted molar refractivity (Wildman–Crippen MR) is 116 cm³/mol. The van der Waals surface area contributed by atoms with Gasteiger partial charge in [0.2, 0.25) is 5.91 Å². The number of carbonyl (C=O) groups is 3. The molecule has 1 aliphatic rings. The van der Waals surface area contributed by atoms with Gasteiger partial charge in [-0.25, -0.2) is 4.79 Å². The fourth-order valence-electron chi connectivity index (χ4n) is 3.90. The monoisotopic (exact) mass is 444 g/mol. The van der Waals surface area contributed by atoms with Crippen molar-refractivity contribution in [1.29, 1.82) is 0 Å². The number of thiophene rings is 1. The van der Waals surface area contributed by atoms with Gasteiger partial charge in [0.05, 0.1) is 13.2 Å². The number of esters is 1. The van der Waals surface area contributed by atoms with Gasteiger partial charge in [-0.1, -0.05) is 25.0 Å². The van der Waals surface area contributed by atoms with Crippen LogP contribution in [0, 0.1) is 11.8 Å². The van der Waals surface area contributed by atoms with E-state index in [0.29, 0.717) is 30.0 Å². The number of hydrogen-bond acceptors (Lipinski definition) is 7. The fourth-order valence-corrected chi connectivity index (χ4v) is 4.86. The third kappa shape index (κ3) is 5.25. The highest BCUT2D eigenvalue weighted by Gasteiger charge is 2.33. The molecular weight excluding hydrogens is 418 g/mol. The summed E-state index contributed by atoms with van der Waals surface area (Å²) >= 11 is 1.21. The summed E-state index contributed by atoms with van der Waals surface area (Å²) in [5.74, 6) is -2.91. The van der Waals surface area contributed by atoms with Crippen molar-refractivity contribution in [3.8, 4) is 16.9 Å². The van der Waals surface area contributed by atoms with Crippen molar-refractivity contribution in [2.45, 2.75) is 39.5 Å². The Morgan fingerprint density at radius 3 is 2.35 bits per heavy atom. The molecular formula is C23H26NO6S-. The molecule has 7 nitrogen and oxygen atoms in total. The summed E-state index contributed by atoms with van der Waals surface area (Å²) in [7, 11) is 0. The highest BCUT2D eigenvalue weighted by Crippen LogP contribution is 2.38. The maximum absolute atomic E-state index is 12.9. The first-order chi connectivity index (χ1) is 15.0. The zero-order valence-electron chi connectivity index (χ0n) is 17.6. The zero-order valence-corrected chi connectivity index (χ0v) is 18.5. The van der Waals surface area contributed by atoms with Crippen LogP contribution in [0.15, 0.2) is 29.6 Å². The van der Waals surface area contributed by atoms with Crippen LogP contribution in [-0.2, 0) is 14.3 Å². The smallest absolute Gasteiger partial charge is 0.341 e. The Morgan fingerprint density at radius 1 is 1.06 bits per heavy atom. The number of ether oxygens (including phenoxy) is 2. The molecule has 8 heteroatoms. The highest BCUT2D eigenvalue weighted by atomic mass is 32.1. The largest absolute Gasteiger partial charge is 0.550 e. The first-order valence-corrected chi connectivity index (χ1v) is 11.4. The van der Waals surface area contributed by atoms with E-state index < -0.39 is 29.7 Å². The van der Waals surface area contributed by atoms with E-state index in [1.165, 1.54) is 11.3 Å². The van der Waals surface area contributed by atoms with Crippen LogP contribution in [-0.4, -0.2) is 31.1 Å². The van der Waals surface area contributed by atoms with E-state index in [2.05, 4.69) is 5.32 Å². The van der Waals surface area contributed by atoms with Gasteiger partial charge in [-0.3, -0.25) is 4.79 Å². The van der Waals surface area contributed by atoms with Gasteiger partial charge in [0.25, 0.3) is 0 Å². The molecule has 1 fully saturated rings. The third-order valence-corrected chi connectivity index (χ3v) is 6.28. The van der Waals surface area contributed by atoms with Crippen molar-refractivity contribution in [3.63, 3.8) is 0 Å². The number of amides is 1. The van der Waals surface area contributed by atoms with Crippen molar-refractivity contribution in [3.05, 3.63) is 35.2 Å². The molecule has 1 aliphatic carbocycles. The summed E-state index contributed by atoms with van der Waals surface area (Å²) in [5, 5.41) is 16.4. The molecule has 1 aromatic heterocycles. The summed E-state index contributed by atoms with van der Waals surface area (Å²) in [4.78, 5) is 37.1. The van der Waals surface area contributed by atoms with Gasteiger partial charge >= 0.3 is 5.97 Å². The number of rotatable bonds is 8. The second kappa shape index (κ2) is 10.4. The minimum absolute atomic E-state index is 0.195. The van der Waals surface area contributed by atoms with E-state index in [1.807, 2.05) is 31.2 Å². The molecule has 0 aliphatic heterocycles. The van der Waals surface area contributed by atoms with Crippen LogP contribution < -0.4 is 15.2 Å². The molecule has 1 heterocycles. The van der Waals surface area contributed by atoms with Gasteiger partial charge in [-0.2, -0.15) is 0 Å². The number of benzene rings is 1. The number of carboxylic acid groups (broad SMARTS) is 1. The SMILES string of the molecule is CCOC(=O)c1c(-c2ccc(OCC)cc2)csc1NC(=O)C1CCCCC1C(=O)[O-]. The lowest BCUT2D eigenvalue weighted by Gasteiger charge is -2.31. The van der Waals surface area contributed by atoms with Crippen LogP contribution in [0.3, 0.4) is 0 Å². The van der Waals surface area contributed by atoms with Crippen LogP contribution in [0.25, 0.3) is 11.1 Å². The van der Waals surface area contributed by atoms with Crippen molar-refractivity contribution in [1.82, 2.24) is 0 Å². The van der Waals surface area contributed by atoms with Crippen LogP contribution in [0.2, 0.25) is 0 Å². The zero-order chi connectivity index (χ0) is 22.4. The topological polar surface area (TPSA) is 105 Å². The van der Waals surface area contributed by atoms with Crippen LogP contribution in [0.4, 0.5) is 5.00 Å². The third-order valence-electron chi connectivity index (χ3n) is 5.39. The molecule has 1 aromatic carbocycles. The lowest BCUT2D eigenvalue weighted by atomic mass is 9.79. The Bertz CT molecular complexity index is 936. The summed E-state index contributed by atoms with van der Waals surface area (Å²) in [6.45, 7) is 4.36. The summed E-state index contributed by atoms with van der Waals surface area (Å²) in [5.41, 5.74) is 1.69. The molecule has 2 aromatic rings. The molecule has 1 saturated carbocycles. The maximum Gasteiger partial charge on any atom is 0.341 e. The summed E-state index contributed by atoms with van der Waals surface area (Å²) < 4.78 is 10.7. The number of hydrogen-bond donors (Lipinski definition) is 1. The standard InChI is InChI=1S/C23H27NO6S/c1-3-29-15-11-9-14(10-12-15)18-13-31-21(19(18)23(28)30-4-2)24-20(25)16-7-5-6-8-17(16)22(26)27/h9-13,16-17H,3-8H2,1-2H3,(H,24,25)(H,26,27)/p-1.